The third-order valence-corrected chi connectivity index (χ3v) is 6.70. The number of ketones is 1. The normalized spacial score (nSPS) is 24.2. The van der Waals surface area contributed by atoms with E-state index in [2.05, 4.69) is 21.2 Å². The monoisotopic (exact) mass is 500 g/mol. The van der Waals surface area contributed by atoms with E-state index in [0.29, 0.717) is 18.4 Å². The van der Waals surface area contributed by atoms with Gasteiger partial charge in [0.1, 0.15) is 6.04 Å². The predicted octanol–water partition coefficient (Wildman–Crippen LogP) is 4.48. The Morgan fingerprint density at radius 1 is 1.10 bits per heavy atom. The van der Waals surface area contributed by atoms with E-state index in [1.165, 1.54) is 12.0 Å². The minimum atomic E-state index is -2.77. The van der Waals surface area contributed by atoms with Crippen molar-refractivity contribution in [3.63, 3.8) is 0 Å². The fourth-order valence-corrected chi connectivity index (χ4v) is 4.61. The van der Waals surface area contributed by atoms with Crippen LogP contribution in [0.4, 0.5) is 13.6 Å². The van der Waals surface area contributed by atoms with Crippen molar-refractivity contribution in [3.8, 4) is 0 Å². The number of methoxy groups -OCH3 is 1. The number of esters is 1. The van der Waals surface area contributed by atoms with Gasteiger partial charge in [-0.3, -0.25) is 9.59 Å². The molecule has 9 heteroatoms. The Hall–Kier alpha value is -2.03. The number of benzene rings is 1. The van der Waals surface area contributed by atoms with Crippen molar-refractivity contribution in [1.82, 2.24) is 10.2 Å². The third kappa shape index (κ3) is 5.81. The zero-order chi connectivity index (χ0) is 22.6. The van der Waals surface area contributed by atoms with E-state index >= 15 is 0 Å². The van der Waals surface area contributed by atoms with Crippen molar-refractivity contribution in [2.45, 2.75) is 50.5 Å². The predicted molar refractivity (Wildman–Crippen MR) is 114 cm³/mol. The second-order valence-electron chi connectivity index (χ2n) is 8.20. The molecule has 1 N–H and O–H groups in total. The van der Waals surface area contributed by atoms with Gasteiger partial charge in [0.05, 0.1) is 13.0 Å². The number of alkyl halides is 2. The SMILES string of the molecule is COC(=O)C1CCCCC1C(=O)C(NC(=O)N1CCC(F)(F)CC1)c1ccc(Br)cc1. The first kappa shape index (κ1) is 23.6. The number of carbonyl (C=O) groups excluding carboxylic acids is 3. The summed E-state index contributed by atoms with van der Waals surface area (Å²) in [4.78, 5) is 40.0. The summed E-state index contributed by atoms with van der Waals surface area (Å²) < 4.78 is 32.7. The van der Waals surface area contributed by atoms with Crippen LogP contribution in [0.5, 0.6) is 0 Å². The molecule has 31 heavy (non-hydrogen) atoms. The van der Waals surface area contributed by atoms with Crippen molar-refractivity contribution in [2.75, 3.05) is 20.2 Å². The Labute approximate surface area is 188 Å². The lowest BCUT2D eigenvalue weighted by Crippen LogP contribution is -2.50. The van der Waals surface area contributed by atoms with E-state index in [-0.39, 0.29) is 18.9 Å². The number of ether oxygens (including phenoxy) is 1. The number of nitrogens with one attached hydrogen (secondary N) is 1. The molecule has 3 rings (SSSR count). The summed E-state index contributed by atoms with van der Waals surface area (Å²) in [5.74, 6) is -4.56. The molecule has 1 aromatic carbocycles. The summed E-state index contributed by atoms with van der Waals surface area (Å²) in [6.45, 7) is -0.150. The first-order chi connectivity index (χ1) is 14.7. The molecule has 0 bridgehead atoms. The molecule has 3 unspecified atom stereocenters. The molecule has 3 atom stereocenters. The molecule has 6 nitrogen and oxygen atoms in total. The maximum Gasteiger partial charge on any atom is 0.318 e. The Morgan fingerprint density at radius 3 is 2.26 bits per heavy atom. The van der Waals surface area contributed by atoms with Gasteiger partial charge < -0.3 is 15.0 Å². The number of halogens is 3. The van der Waals surface area contributed by atoms with Crippen molar-refractivity contribution in [3.05, 3.63) is 34.3 Å². The Kier molecular flexibility index (Phi) is 7.67. The number of piperidine rings is 1. The standard InChI is InChI=1S/C22H27BrF2N2O4/c1-31-20(29)17-5-3-2-4-16(17)19(28)18(14-6-8-15(23)9-7-14)26-21(30)27-12-10-22(24,25)11-13-27/h6-9,16-18H,2-5,10-13H2,1H3,(H,26,30). The number of rotatable bonds is 5. The van der Waals surface area contributed by atoms with Gasteiger partial charge in [0.15, 0.2) is 5.78 Å². The van der Waals surface area contributed by atoms with Crippen molar-refractivity contribution >= 4 is 33.7 Å². The average Bonchev–Trinajstić information content (AvgIpc) is 2.77. The van der Waals surface area contributed by atoms with Crippen molar-refractivity contribution in [1.29, 1.82) is 0 Å². The molecule has 170 valence electrons. The largest absolute Gasteiger partial charge is 0.469 e. The van der Waals surface area contributed by atoms with E-state index in [4.69, 9.17) is 4.74 Å². The molecule has 1 aliphatic carbocycles. The van der Waals surface area contributed by atoms with Gasteiger partial charge in [-0.05, 0) is 30.5 Å². The maximum atomic E-state index is 13.6. The number of amides is 2. The number of hydrogen-bond donors (Lipinski definition) is 1. The lowest BCUT2D eigenvalue weighted by Gasteiger charge is -2.35. The molecule has 0 radical (unpaired) electrons. The smallest absolute Gasteiger partial charge is 0.318 e. The second kappa shape index (κ2) is 10.1. The van der Waals surface area contributed by atoms with Crippen molar-refractivity contribution < 1.29 is 27.9 Å². The number of likely N-dealkylation sites (tertiary alicyclic amines) is 1. The summed E-state index contributed by atoms with van der Waals surface area (Å²) in [6, 6.07) is 5.46. The van der Waals surface area contributed by atoms with Gasteiger partial charge in [0.25, 0.3) is 5.92 Å². The highest BCUT2D eigenvalue weighted by Crippen LogP contribution is 2.35. The number of nitrogens with zero attached hydrogens (tertiary/aromatic N) is 1. The molecule has 0 aromatic heterocycles. The number of carbonyl (C=O) groups is 3. The highest BCUT2D eigenvalue weighted by atomic mass is 79.9. The summed E-state index contributed by atoms with van der Waals surface area (Å²) in [7, 11) is 1.30. The van der Waals surface area contributed by atoms with Crippen LogP contribution < -0.4 is 5.32 Å². The molecule has 2 fully saturated rings. The quantitative estimate of drug-likeness (QED) is 0.604. The first-order valence-electron chi connectivity index (χ1n) is 10.5. The Morgan fingerprint density at radius 2 is 1.68 bits per heavy atom. The number of hydrogen-bond acceptors (Lipinski definition) is 4. The highest BCUT2D eigenvalue weighted by Gasteiger charge is 2.41. The fraction of sp³-hybridized carbons (Fsp3) is 0.591. The van der Waals surface area contributed by atoms with Crippen LogP contribution in [-0.2, 0) is 14.3 Å². The molecule has 1 heterocycles. The Balaban J connectivity index is 1.82. The van der Waals surface area contributed by atoms with Crippen molar-refractivity contribution in [2.24, 2.45) is 11.8 Å². The van der Waals surface area contributed by atoms with Gasteiger partial charge in [0.2, 0.25) is 0 Å². The zero-order valence-corrected chi connectivity index (χ0v) is 19.0. The summed E-state index contributed by atoms with van der Waals surface area (Å²) in [5, 5.41) is 2.75. The molecule has 0 spiro atoms. The number of urea groups is 1. The molecular formula is C22H27BrF2N2O4. The van der Waals surface area contributed by atoms with Gasteiger partial charge in [0, 0.05) is 36.3 Å². The molecular weight excluding hydrogens is 474 g/mol. The lowest BCUT2D eigenvalue weighted by atomic mass is 9.74. The van der Waals surface area contributed by atoms with Gasteiger partial charge in [-0.15, -0.1) is 0 Å². The summed E-state index contributed by atoms with van der Waals surface area (Å²) >= 11 is 3.36. The summed E-state index contributed by atoms with van der Waals surface area (Å²) in [6.07, 6.45) is 1.95. The van der Waals surface area contributed by atoms with Crippen LogP contribution in [0.3, 0.4) is 0 Å². The van der Waals surface area contributed by atoms with Crippen LogP contribution in [0.1, 0.15) is 50.1 Å². The van der Waals surface area contributed by atoms with E-state index in [0.717, 1.165) is 17.3 Å². The van der Waals surface area contributed by atoms with E-state index in [1.807, 2.05) is 0 Å². The minimum absolute atomic E-state index is 0.0751. The van der Waals surface area contributed by atoms with Gasteiger partial charge in [-0.25, -0.2) is 13.6 Å². The van der Waals surface area contributed by atoms with Gasteiger partial charge in [-0.2, -0.15) is 0 Å². The molecule has 2 amide bonds. The lowest BCUT2D eigenvalue weighted by molar-refractivity contribution is -0.152. The van der Waals surface area contributed by atoms with Crippen LogP contribution in [0, 0.1) is 11.8 Å². The molecule has 2 aliphatic rings. The maximum absolute atomic E-state index is 13.6. The van der Waals surface area contributed by atoms with Crippen LogP contribution in [-0.4, -0.2) is 48.8 Å². The Bertz CT molecular complexity index is 808. The topological polar surface area (TPSA) is 75.7 Å². The fourth-order valence-electron chi connectivity index (χ4n) is 4.34. The van der Waals surface area contributed by atoms with E-state index < -0.39 is 48.6 Å². The highest BCUT2D eigenvalue weighted by molar-refractivity contribution is 9.10. The summed E-state index contributed by atoms with van der Waals surface area (Å²) in [5.41, 5.74) is 0.582. The van der Waals surface area contributed by atoms with Gasteiger partial charge in [-0.1, -0.05) is 40.9 Å². The van der Waals surface area contributed by atoms with Crippen LogP contribution in [0.15, 0.2) is 28.7 Å². The van der Waals surface area contributed by atoms with E-state index in [9.17, 15) is 23.2 Å². The first-order valence-corrected chi connectivity index (χ1v) is 11.3. The average molecular weight is 501 g/mol. The molecule has 1 aliphatic heterocycles. The third-order valence-electron chi connectivity index (χ3n) is 6.17. The van der Waals surface area contributed by atoms with E-state index in [1.54, 1.807) is 24.3 Å². The van der Waals surface area contributed by atoms with Crippen LogP contribution in [0.25, 0.3) is 0 Å². The van der Waals surface area contributed by atoms with Gasteiger partial charge >= 0.3 is 12.0 Å². The molecule has 1 aromatic rings. The molecule has 1 saturated carbocycles. The zero-order valence-electron chi connectivity index (χ0n) is 17.4. The van der Waals surface area contributed by atoms with Crippen LogP contribution in [0.2, 0.25) is 0 Å². The minimum Gasteiger partial charge on any atom is -0.469 e. The molecule has 1 saturated heterocycles. The second-order valence-corrected chi connectivity index (χ2v) is 9.12. The number of Topliss-reactive ketones (excluding diaryl/α,β-unsaturated/α-hetero) is 1. The van der Waals surface area contributed by atoms with Crippen LogP contribution >= 0.6 is 15.9 Å².